The number of halogens is 2. The van der Waals surface area contributed by atoms with E-state index in [0.717, 1.165) is 12.0 Å². The van der Waals surface area contributed by atoms with E-state index in [1.807, 2.05) is 20.8 Å². The van der Waals surface area contributed by atoms with Gasteiger partial charge in [0.05, 0.1) is 11.6 Å². The average Bonchev–Trinajstić information content (AvgIpc) is 2.45. The van der Waals surface area contributed by atoms with Crippen LogP contribution < -0.4 is 5.32 Å². The van der Waals surface area contributed by atoms with Crippen LogP contribution in [-0.4, -0.2) is 19.1 Å². The third-order valence-electron chi connectivity index (χ3n) is 3.54. The summed E-state index contributed by atoms with van der Waals surface area (Å²) in [6.07, 6.45) is 0.868. The molecule has 1 N–H and O–H groups in total. The summed E-state index contributed by atoms with van der Waals surface area (Å²) in [6.45, 7) is 5.97. The first-order valence-corrected chi connectivity index (χ1v) is 7.48. The van der Waals surface area contributed by atoms with Crippen LogP contribution in [0, 0.1) is 11.7 Å². The second-order valence-corrected chi connectivity index (χ2v) is 5.80. The largest absolute Gasteiger partial charge is 0.468 e. The number of rotatable bonds is 6. The Morgan fingerprint density at radius 1 is 1.45 bits per heavy atom. The monoisotopic (exact) mass is 345 g/mol. The summed E-state index contributed by atoms with van der Waals surface area (Å²) in [5.41, 5.74) is 0.912. The fraction of sp³-hybridized carbons (Fsp3) is 0.533. The van der Waals surface area contributed by atoms with Gasteiger partial charge in [-0.1, -0.05) is 26.3 Å². The number of methoxy groups -OCH3 is 1. The molecule has 3 unspecified atom stereocenters. The molecule has 0 fully saturated rings. The van der Waals surface area contributed by atoms with Crippen molar-refractivity contribution in [1.82, 2.24) is 5.32 Å². The molecule has 0 bridgehead atoms. The topological polar surface area (TPSA) is 38.3 Å². The maximum Gasteiger partial charge on any atom is 0.323 e. The van der Waals surface area contributed by atoms with Crippen LogP contribution in [0.5, 0.6) is 0 Å². The zero-order valence-electron chi connectivity index (χ0n) is 12.2. The Balaban J connectivity index is 2.86. The second kappa shape index (κ2) is 7.74. The maximum absolute atomic E-state index is 13.2. The van der Waals surface area contributed by atoms with Gasteiger partial charge in [-0.2, -0.15) is 0 Å². The molecule has 1 rings (SSSR count). The van der Waals surface area contributed by atoms with Crippen molar-refractivity contribution in [3.8, 4) is 0 Å². The number of hydrogen-bond donors (Lipinski definition) is 1. The molecule has 3 atom stereocenters. The summed E-state index contributed by atoms with van der Waals surface area (Å²) in [6, 6.07) is 4.39. The standard InChI is InChI=1S/C15H21BrFNO2/c1-5-9(2)14(15(19)20-4)18-10(3)11-6-7-13(17)12(16)8-11/h6-10,14,18H,5H2,1-4H3. The van der Waals surface area contributed by atoms with Gasteiger partial charge in [-0.15, -0.1) is 0 Å². The third kappa shape index (κ3) is 4.28. The van der Waals surface area contributed by atoms with Crippen molar-refractivity contribution >= 4 is 21.9 Å². The molecule has 1 aromatic rings. The van der Waals surface area contributed by atoms with Crippen LogP contribution >= 0.6 is 15.9 Å². The van der Waals surface area contributed by atoms with Crippen LogP contribution in [-0.2, 0) is 9.53 Å². The molecule has 0 saturated carbocycles. The minimum Gasteiger partial charge on any atom is -0.468 e. The lowest BCUT2D eigenvalue weighted by Crippen LogP contribution is -2.43. The van der Waals surface area contributed by atoms with E-state index in [9.17, 15) is 9.18 Å². The molecular formula is C15H21BrFNO2. The molecule has 5 heteroatoms. The zero-order valence-corrected chi connectivity index (χ0v) is 13.8. The van der Waals surface area contributed by atoms with Crippen molar-refractivity contribution in [1.29, 1.82) is 0 Å². The van der Waals surface area contributed by atoms with Crippen molar-refractivity contribution in [3.63, 3.8) is 0 Å². The van der Waals surface area contributed by atoms with Gasteiger partial charge < -0.3 is 4.74 Å². The second-order valence-electron chi connectivity index (χ2n) is 4.95. The van der Waals surface area contributed by atoms with Gasteiger partial charge >= 0.3 is 5.97 Å². The molecule has 0 amide bonds. The van der Waals surface area contributed by atoms with Gasteiger partial charge in [0.2, 0.25) is 0 Å². The van der Waals surface area contributed by atoms with Crippen molar-refractivity contribution in [2.45, 2.75) is 39.3 Å². The van der Waals surface area contributed by atoms with Gasteiger partial charge in [0.15, 0.2) is 0 Å². The zero-order chi connectivity index (χ0) is 15.3. The van der Waals surface area contributed by atoms with Crippen LogP contribution in [0.2, 0.25) is 0 Å². The Kier molecular flexibility index (Phi) is 6.62. The number of carbonyl (C=O) groups excluding carboxylic acids is 1. The molecule has 0 aliphatic heterocycles. The first-order valence-electron chi connectivity index (χ1n) is 6.69. The average molecular weight is 346 g/mol. The normalized spacial score (nSPS) is 15.5. The SMILES string of the molecule is CCC(C)C(NC(C)c1ccc(F)c(Br)c1)C(=O)OC. The van der Waals surface area contributed by atoms with E-state index in [4.69, 9.17) is 4.74 Å². The molecule has 0 spiro atoms. The van der Waals surface area contributed by atoms with Crippen LogP contribution in [0.25, 0.3) is 0 Å². The van der Waals surface area contributed by atoms with E-state index < -0.39 is 0 Å². The van der Waals surface area contributed by atoms with Gasteiger partial charge in [-0.25, -0.2) is 4.39 Å². The summed E-state index contributed by atoms with van der Waals surface area (Å²) in [4.78, 5) is 11.8. The quantitative estimate of drug-likeness (QED) is 0.796. The van der Waals surface area contributed by atoms with Gasteiger partial charge in [-0.3, -0.25) is 10.1 Å². The number of ether oxygens (including phenoxy) is 1. The van der Waals surface area contributed by atoms with Gasteiger partial charge in [0.25, 0.3) is 0 Å². The first-order chi connectivity index (χ1) is 9.40. The lowest BCUT2D eigenvalue weighted by atomic mass is 9.97. The van der Waals surface area contributed by atoms with Crippen molar-refractivity contribution in [2.75, 3.05) is 7.11 Å². The lowest BCUT2D eigenvalue weighted by Gasteiger charge is -2.26. The van der Waals surface area contributed by atoms with E-state index in [1.54, 1.807) is 12.1 Å². The van der Waals surface area contributed by atoms with Crippen LogP contribution in [0.3, 0.4) is 0 Å². The van der Waals surface area contributed by atoms with E-state index in [1.165, 1.54) is 13.2 Å². The Labute approximate surface area is 128 Å². The number of benzene rings is 1. The molecule has 1 aromatic carbocycles. The predicted molar refractivity (Wildman–Crippen MR) is 80.9 cm³/mol. The summed E-state index contributed by atoms with van der Waals surface area (Å²) in [5.74, 6) is -0.409. The third-order valence-corrected chi connectivity index (χ3v) is 4.15. The van der Waals surface area contributed by atoms with Crippen LogP contribution in [0.4, 0.5) is 4.39 Å². The minimum absolute atomic E-state index is 0.0787. The molecule has 0 saturated heterocycles. The van der Waals surface area contributed by atoms with Gasteiger partial charge in [0, 0.05) is 6.04 Å². The molecule has 0 aromatic heterocycles. The summed E-state index contributed by atoms with van der Waals surface area (Å²) < 4.78 is 18.5. The number of hydrogen-bond acceptors (Lipinski definition) is 3. The van der Waals surface area contributed by atoms with Gasteiger partial charge in [-0.05, 0) is 46.5 Å². The smallest absolute Gasteiger partial charge is 0.323 e. The molecule has 112 valence electrons. The maximum atomic E-state index is 13.2. The Hall–Kier alpha value is -0.940. The molecule has 0 aliphatic rings. The fourth-order valence-electron chi connectivity index (χ4n) is 1.97. The highest BCUT2D eigenvalue weighted by Gasteiger charge is 2.26. The fourth-order valence-corrected chi connectivity index (χ4v) is 2.37. The molecule has 20 heavy (non-hydrogen) atoms. The Morgan fingerprint density at radius 2 is 2.10 bits per heavy atom. The highest BCUT2D eigenvalue weighted by molar-refractivity contribution is 9.10. The van der Waals surface area contributed by atoms with E-state index in [0.29, 0.717) is 4.47 Å². The van der Waals surface area contributed by atoms with Crippen LogP contribution in [0.15, 0.2) is 22.7 Å². The highest BCUT2D eigenvalue weighted by atomic mass is 79.9. The first kappa shape index (κ1) is 17.1. The summed E-state index contributed by atoms with van der Waals surface area (Å²) >= 11 is 3.17. The number of carbonyl (C=O) groups is 1. The minimum atomic E-state index is -0.371. The predicted octanol–water partition coefficient (Wildman–Crippen LogP) is 3.83. The molecule has 0 radical (unpaired) electrons. The molecular weight excluding hydrogens is 325 g/mol. The number of esters is 1. The molecule has 0 aliphatic carbocycles. The number of nitrogens with one attached hydrogen (secondary N) is 1. The molecule has 0 heterocycles. The lowest BCUT2D eigenvalue weighted by molar-refractivity contribution is -0.144. The molecule has 3 nitrogen and oxygen atoms in total. The highest BCUT2D eigenvalue weighted by Crippen LogP contribution is 2.22. The summed E-state index contributed by atoms with van der Waals surface area (Å²) in [5, 5.41) is 3.26. The van der Waals surface area contributed by atoms with Crippen molar-refractivity contribution in [3.05, 3.63) is 34.1 Å². The van der Waals surface area contributed by atoms with E-state index in [-0.39, 0.29) is 29.8 Å². The van der Waals surface area contributed by atoms with E-state index >= 15 is 0 Å². The van der Waals surface area contributed by atoms with E-state index in [2.05, 4.69) is 21.2 Å². The Bertz CT molecular complexity index is 467. The van der Waals surface area contributed by atoms with Crippen LogP contribution in [0.1, 0.15) is 38.8 Å². The van der Waals surface area contributed by atoms with Gasteiger partial charge in [0.1, 0.15) is 11.9 Å². The van der Waals surface area contributed by atoms with Crippen molar-refractivity contribution < 1.29 is 13.9 Å². The van der Waals surface area contributed by atoms with Crippen molar-refractivity contribution in [2.24, 2.45) is 5.92 Å². The Morgan fingerprint density at radius 3 is 2.60 bits per heavy atom. The summed E-state index contributed by atoms with van der Waals surface area (Å²) in [7, 11) is 1.39.